The molecule has 0 saturated heterocycles. The standard InChI is InChI=1S/C7H6BrF3N2/c8-5-1-4(2-12)6(13-3-5)7(9,10)11/h1,3H,2,12H2. The Labute approximate surface area is 81.1 Å². The molecule has 6 heteroatoms. The number of pyridine rings is 1. The SMILES string of the molecule is NCc1cc(Br)cnc1C(F)(F)F. The van der Waals surface area contributed by atoms with Crippen LogP contribution in [0.25, 0.3) is 0 Å². The largest absolute Gasteiger partial charge is 0.433 e. The summed E-state index contributed by atoms with van der Waals surface area (Å²) in [6, 6.07) is 1.32. The minimum absolute atomic E-state index is 0.0122. The van der Waals surface area contributed by atoms with E-state index in [1.165, 1.54) is 6.07 Å². The van der Waals surface area contributed by atoms with Crippen molar-refractivity contribution in [1.82, 2.24) is 4.98 Å². The lowest BCUT2D eigenvalue weighted by atomic mass is 10.2. The molecule has 0 aliphatic carbocycles. The maximum Gasteiger partial charge on any atom is 0.433 e. The molecule has 0 radical (unpaired) electrons. The number of nitrogens with two attached hydrogens (primary N) is 1. The van der Waals surface area contributed by atoms with Gasteiger partial charge in [0.2, 0.25) is 0 Å². The second-order valence-corrected chi connectivity index (χ2v) is 3.28. The van der Waals surface area contributed by atoms with Gasteiger partial charge in [-0.2, -0.15) is 13.2 Å². The van der Waals surface area contributed by atoms with E-state index < -0.39 is 11.9 Å². The Morgan fingerprint density at radius 1 is 1.46 bits per heavy atom. The highest BCUT2D eigenvalue weighted by atomic mass is 79.9. The van der Waals surface area contributed by atoms with Gasteiger partial charge in [-0.3, -0.25) is 4.98 Å². The maximum atomic E-state index is 12.2. The highest BCUT2D eigenvalue weighted by Crippen LogP contribution is 2.31. The number of halogens is 4. The Hall–Kier alpha value is -0.620. The zero-order valence-electron chi connectivity index (χ0n) is 6.40. The molecule has 0 aliphatic rings. The molecule has 0 aromatic carbocycles. The van der Waals surface area contributed by atoms with Crippen LogP contribution < -0.4 is 5.73 Å². The zero-order valence-corrected chi connectivity index (χ0v) is 7.98. The molecule has 1 aromatic rings. The van der Waals surface area contributed by atoms with Crippen molar-refractivity contribution in [2.24, 2.45) is 5.73 Å². The van der Waals surface area contributed by atoms with E-state index in [2.05, 4.69) is 20.9 Å². The highest BCUT2D eigenvalue weighted by Gasteiger charge is 2.34. The number of nitrogens with zero attached hydrogens (tertiary/aromatic N) is 1. The van der Waals surface area contributed by atoms with Crippen LogP contribution in [0.15, 0.2) is 16.7 Å². The predicted octanol–water partition coefficient (Wildman–Crippen LogP) is 2.32. The van der Waals surface area contributed by atoms with Crippen LogP contribution in [0, 0.1) is 0 Å². The fourth-order valence-corrected chi connectivity index (χ4v) is 1.27. The van der Waals surface area contributed by atoms with Crippen LogP contribution in [0.4, 0.5) is 13.2 Å². The molecule has 2 nitrogen and oxygen atoms in total. The summed E-state index contributed by atoms with van der Waals surface area (Å²) in [7, 11) is 0. The topological polar surface area (TPSA) is 38.9 Å². The molecule has 1 rings (SSSR count). The van der Waals surface area contributed by atoms with Gasteiger partial charge in [-0.15, -0.1) is 0 Å². The first-order chi connectivity index (χ1) is 5.95. The quantitative estimate of drug-likeness (QED) is 0.836. The Kier molecular flexibility index (Phi) is 2.92. The van der Waals surface area contributed by atoms with E-state index in [1.54, 1.807) is 0 Å². The number of aromatic nitrogens is 1. The van der Waals surface area contributed by atoms with Crippen molar-refractivity contribution in [3.05, 3.63) is 28.0 Å². The van der Waals surface area contributed by atoms with Crippen LogP contribution in [0.5, 0.6) is 0 Å². The zero-order chi connectivity index (χ0) is 10.1. The van der Waals surface area contributed by atoms with Crippen LogP contribution >= 0.6 is 15.9 Å². The van der Waals surface area contributed by atoms with Gasteiger partial charge in [0.05, 0.1) is 0 Å². The molecule has 0 fully saturated rings. The van der Waals surface area contributed by atoms with E-state index in [-0.39, 0.29) is 12.1 Å². The van der Waals surface area contributed by atoms with Crippen LogP contribution in [0.2, 0.25) is 0 Å². The molecule has 1 aromatic heterocycles. The van der Waals surface area contributed by atoms with Crippen molar-refractivity contribution in [1.29, 1.82) is 0 Å². The molecule has 0 aliphatic heterocycles. The summed E-state index contributed by atoms with van der Waals surface area (Å²) in [5.41, 5.74) is 4.22. The summed E-state index contributed by atoms with van der Waals surface area (Å²) in [6.45, 7) is -0.179. The minimum atomic E-state index is -4.44. The average molecular weight is 255 g/mol. The van der Waals surface area contributed by atoms with Crippen LogP contribution in [0.1, 0.15) is 11.3 Å². The molecule has 0 unspecified atom stereocenters. The number of alkyl halides is 3. The molecule has 1 heterocycles. The van der Waals surface area contributed by atoms with Crippen molar-refractivity contribution >= 4 is 15.9 Å². The molecule has 72 valence electrons. The molecular formula is C7H6BrF3N2. The van der Waals surface area contributed by atoms with Crippen LogP contribution in [0.3, 0.4) is 0 Å². The van der Waals surface area contributed by atoms with Crippen molar-refractivity contribution in [2.75, 3.05) is 0 Å². The van der Waals surface area contributed by atoms with Crippen molar-refractivity contribution in [3.63, 3.8) is 0 Å². The van der Waals surface area contributed by atoms with Gasteiger partial charge in [0, 0.05) is 17.2 Å². The normalized spacial score (nSPS) is 11.8. The van der Waals surface area contributed by atoms with E-state index in [0.29, 0.717) is 4.47 Å². The second kappa shape index (κ2) is 3.63. The van der Waals surface area contributed by atoms with E-state index in [4.69, 9.17) is 5.73 Å². The Morgan fingerprint density at radius 2 is 2.08 bits per heavy atom. The smallest absolute Gasteiger partial charge is 0.326 e. The monoisotopic (exact) mass is 254 g/mol. The van der Waals surface area contributed by atoms with E-state index in [9.17, 15) is 13.2 Å². The third kappa shape index (κ3) is 2.41. The van der Waals surface area contributed by atoms with Gasteiger partial charge in [0.1, 0.15) is 5.69 Å². The highest BCUT2D eigenvalue weighted by molar-refractivity contribution is 9.10. The second-order valence-electron chi connectivity index (χ2n) is 2.36. The molecule has 0 amide bonds. The fourth-order valence-electron chi connectivity index (χ4n) is 0.892. The summed E-state index contributed by atoms with van der Waals surface area (Å²) in [5.74, 6) is 0. The van der Waals surface area contributed by atoms with Gasteiger partial charge in [-0.25, -0.2) is 0 Å². The average Bonchev–Trinajstić information content (AvgIpc) is 2.01. The first-order valence-corrected chi connectivity index (χ1v) is 4.16. The number of hydrogen-bond donors (Lipinski definition) is 1. The Morgan fingerprint density at radius 3 is 2.54 bits per heavy atom. The van der Waals surface area contributed by atoms with Gasteiger partial charge < -0.3 is 5.73 Å². The Balaban J connectivity index is 3.22. The van der Waals surface area contributed by atoms with Crippen LogP contribution in [-0.2, 0) is 12.7 Å². The summed E-state index contributed by atoms with van der Waals surface area (Å²) >= 11 is 3.02. The summed E-state index contributed by atoms with van der Waals surface area (Å²) < 4.78 is 37.2. The molecule has 0 spiro atoms. The molecule has 0 atom stereocenters. The van der Waals surface area contributed by atoms with Crippen molar-refractivity contribution < 1.29 is 13.2 Å². The summed E-state index contributed by atoms with van der Waals surface area (Å²) in [6.07, 6.45) is -3.34. The van der Waals surface area contributed by atoms with Gasteiger partial charge in [-0.1, -0.05) is 0 Å². The van der Waals surface area contributed by atoms with Gasteiger partial charge in [0.15, 0.2) is 0 Å². The summed E-state index contributed by atoms with van der Waals surface area (Å²) in [5, 5.41) is 0. The fraction of sp³-hybridized carbons (Fsp3) is 0.286. The lowest BCUT2D eigenvalue weighted by Gasteiger charge is -2.09. The lowest BCUT2D eigenvalue weighted by Crippen LogP contribution is -2.14. The molecule has 13 heavy (non-hydrogen) atoms. The third-order valence-electron chi connectivity index (χ3n) is 1.42. The van der Waals surface area contributed by atoms with E-state index in [1.807, 2.05) is 0 Å². The third-order valence-corrected chi connectivity index (χ3v) is 1.86. The molecule has 0 saturated carbocycles. The van der Waals surface area contributed by atoms with Gasteiger partial charge in [0.25, 0.3) is 0 Å². The van der Waals surface area contributed by atoms with E-state index >= 15 is 0 Å². The summed E-state index contributed by atoms with van der Waals surface area (Å²) in [4.78, 5) is 3.27. The lowest BCUT2D eigenvalue weighted by molar-refractivity contribution is -0.141. The molecule has 0 bridgehead atoms. The maximum absolute atomic E-state index is 12.2. The molecular weight excluding hydrogens is 249 g/mol. The first kappa shape index (κ1) is 10.5. The predicted molar refractivity (Wildman–Crippen MR) is 44.8 cm³/mol. The van der Waals surface area contributed by atoms with E-state index in [0.717, 1.165) is 6.20 Å². The first-order valence-electron chi connectivity index (χ1n) is 3.37. The van der Waals surface area contributed by atoms with Gasteiger partial charge in [-0.05, 0) is 27.6 Å². The number of rotatable bonds is 1. The molecule has 2 N–H and O–H groups in total. The van der Waals surface area contributed by atoms with Crippen LogP contribution in [-0.4, -0.2) is 4.98 Å². The minimum Gasteiger partial charge on any atom is -0.326 e. The Bertz CT molecular complexity index is 311. The van der Waals surface area contributed by atoms with Crippen molar-refractivity contribution in [3.8, 4) is 0 Å². The van der Waals surface area contributed by atoms with Crippen molar-refractivity contribution in [2.45, 2.75) is 12.7 Å². The number of hydrogen-bond acceptors (Lipinski definition) is 2. The van der Waals surface area contributed by atoms with Gasteiger partial charge >= 0.3 is 6.18 Å².